The van der Waals surface area contributed by atoms with E-state index in [1.807, 2.05) is 0 Å². The number of benzene rings is 6. The Labute approximate surface area is 281 Å². The summed E-state index contributed by atoms with van der Waals surface area (Å²) in [6.45, 7) is 13.2. The summed E-state index contributed by atoms with van der Waals surface area (Å²) in [7, 11) is 2.52. The molecule has 0 aliphatic rings. The Morgan fingerprint density at radius 2 is 0.894 bits per heavy atom. The Morgan fingerprint density at radius 1 is 0.426 bits per heavy atom. The SMILES string of the molecule is COc1ccc(-c2c(C)cc(C)cc2C)cc1-c1c(OC)ccc(-c2c(C)cc(C)cc2C)c1P(c1ccccc1)c1ccccc1. The van der Waals surface area contributed by atoms with Crippen molar-refractivity contribution in [2.75, 3.05) is 14.2 Å². The van der Waals surface area contributed by atoms with Crippen molar-refractivity contribution in [3.63, 3.8) is 0 Å². The molecule has 0 heterocycles. The first-order valence-electron chi connectivity index (χ1n) is 16.2. The van der Waals surface area contributed by atoms with Crippen molar-refractivity contribution in [2.45, 2.75) is 41.5 Å². The summed E-state index contributed by atoms with van der Waals surface area (Å²) in [6, 6.07) is 42.1. The summed E-state index contributed by atoms with van der Waals surface area (Å²) in [6.07, 6.45) is 0. The van der Waals surface area contributed by atoms with Crippen LogP contribution in [0.4, 0.5) is 0 Å². The predicted octanol–water partition coefficient (Wildman–Crippen LogP) is 10.3. The fourth-order valence-corrected chi connectivity index (χ4v) is 9.93. The highest BCUT2D eigenvalue weighted by molar-refractivity contribution is 7.80. The topological polar surface area (TPSA) is 18.5 Å². The average Bonchev–Trinajstić information content (AvgIpc) is 3.05. The first-order chi connectivity index (χ1) is 22.7. The molecule has 0 aliphatic heterocycles. The lowest BCUT2D eigenvalue weighted by Gasteiger charge is -2.29. The van der Waals surface area contributed by atoms with Crippen molar-refractivity contribution >= 4 is 23.8 Å². The molecule has 0 aromatic heterocycles. The van der Waals surface area contributed by atoms with E-state index in [2.05, 4.69) is 157 Å². The summed E-state index contributed by atoms with van der Waals surface area (Å²) >= 11 is 0. The monoisotopic (exact) mass is 634 g/mol. The summed E-state index contributed by atoms with van der Waals surface area (Å²) in [5.74, 6) is 1.65. The molecule has 6 rings (SSSR count). The maximum Gasteiger partial charge on any atom is 0.127 e. The first kappa shape index (κ1) is 32.3. The number of hydrogen-bond donors (Lipinski definition) is 0. The second-order valence-corrected chi connectivity index (χ2v) is 14.7. The Morgan fingerprint density at radius 3 is 1.38 bits per heavy atom. The largest absolute Gasteiger partial charge is 0.496 e. The van der Waals surface area contributed by atoms with Crippen LogP contribution in [0.2, 0.25) is 0 Å². The van der Waals surface area contributed by atoms with Crippen molar-refractivity contribution in [2.24, 2.45) is 0 Å². The molecule has 6 aromatic carbocycles. The van der Waals surface area contributed by atoms with Crippen LogP contribution < -0.4 is 25.4 Å². The third-order valence-electron chi connectivity index (χ3n) is 8.99. The van der Waals surface area contributed by atoms with Crippen molar-refractivity contribution in [3.05, 3.63) is 149 Å². The van der Waals surface area contributed by atoms with E-state index >= 15 is 0 Å². The molecule has 0 radical (unpaired) electrons. The molecule has 0 amide bonds. The minimum absolute atomic E-state index is 0.821. The van der Waals surface area contributed by atoms with Crippen LogP contribution in [0.25, 0.3) is 33.4 Å². The van der Waals surface area contributed by atoms with Gasteiger partial charge in [0.05, 0.1) is 14.2 Å². The molecule has 0 N–H and O–H groups in total. The maximum absolute atomic E-state index is 6.30. The van der Waals surface area contributed by atoms with E-state index in [-0.39, 0.29) is 0 Å². The summed E-state index contributed by atoms with van der Waals surface area (Å²) < 4.78 is 12.5. The first-order valence-corrected chi connectivity index (χ1v) is 17.5. The van der Waals surface area contributed by atoms with Gasteiger partial charge in [-0.3, -0.25) is 0 Å². The quantitative estimate of drug-likeness (QED) is 0.155. The van der Waals surface area contributed by atoms with Crippen molar-refractivity contribution in [1.29, 1.82) is 0 Å². The molecule has 0 unspecified atom stereocenters. The molecule has 0 saturated heterocycles. The molecule has 236 valence electrons. The Hall–Kier alpha value is -4.65. The van der Waals surface area contributed by atoms with E-state index in [1.165, 1.54) is 71.5 Å². The van der Waals surface area contributed by atoms with Gasteiger partial charge in [0.1, 0.15) is 11.5 Å². The Balaban J connectivity index is 1.79. The molecule has 0 aliphatic carbocycles. The van der Waals surface area contributed by atoms with Gasteiger partial charge in [-0.15, -0.1) is 0 Å². The predicted molar refractivity (Wildman–Crippen MR) is 203 cm³/mol. The third-order valence-corrected chi connectivity index (χ3v) is 11.5. The molecule has 3 heteroatoms. The smallest absolute Gasteiger partial charge is 0.127 e. The van der Waals surface area contributed by atoms with Crippen molar-refractivity contribution in [1.82, 2.24) is 0 Å². The van der Waals surface area contributed by atoms with E-state index in [1.54, 1.807) is 14.2 Å². The number of ether oxygens (including phenoxy) is 2. The normalized spacial score (nSPS) is 11.2. The molecular formula is C44H43O2P. The van der Waals surface area contributed by atoms with Crippen molar-refractivity contribution in [3.8, 4) is 44.9 Å². The Bertz CT molecular complexity index is 1980. The summed E-state index contributed by atoms with van der Waals surface area (Å²) in [5.41, 5.74) is 14.6. The van der Waals surface area contributed by atoms with Gasteiger partial charge >= 0.3 is 0 Å². The third kappa shape index (κ3) is 6.23. The van der Waals surface area contributed by atoms with Gasteiger partial charge in [0.2, 0.25) is 0 Å². The zero-order valence-electron chi connectivity index (χ0n) is 28.7. The van der Waals surface area contributed by atoms with Gasteiger partial charge in [-0.2, -0.15) is 0 Å². The van der Waals surface area contributed by atoms with Gasteiger partial charge in [0.15, 0.2) is 0 Å². The molecule has 6 aromatic rings. The van der Waals surface area contributed by atoms with Gasteiger partial charge < -0.3 is 9.47 Å². The minimum Gasteiger partial charge on any atom is -0.496 e. The highest BCUT2D eigenvalue weighted by atomic mass is 31.1. The van der Waals surface area contributed by atoms with Gasteiger partial charge in [-0.25, -0.2) is 0 Å². The lowest BCUT2D eigenvalue weighted by Crippen LogP contribution is -2.24. The van der Waals surface area contributed by atoms with Gasteiger partial charge in [0.25, 0.3) is 0 Å². The molecule has 0 bridgehead atoms. The van der Waals surface area contributed by atoms with E-state index in [0.717, 1.165) is 22.6 Å². The van der Waals surface area contributed by atoms with Gasteiger partial charge in [0, 0.05) is 16.4 Å². The highest BCUT2D eigenvalue weighted by Crippen LogP contribution is 2.48. The number of methoxy groups -OCH3 is 2. The molecule has 0 atom stereocenters. The fourth-order valence-electron chi connectivity index (χ4n) is 7.30. The lowest BCUT2D eigenvalue weighted by molar-refractivity contribution is 0.410. The Kier molecular flexibility index (Phi) is 9.35. The minimum atomic E-state index is -1.02. The van der Waals surface area contributed by atoms with Crippen LogP contribution in [0.3, 0.4) is 0 Å². The van der Waals surface area contributed by atoms with E-state index in [0.29, 0.717) is 0 Å². The molecule has 2 nitrogen and oxygen atoms in total. The second-order valence-electron chi connectivity index (χ2n) is 12.5. The fraction of sp³-hybridized carbons (Fsp3) is 0.182. The van der Waals surface area contributed by atoms with Crippen LogP contribution in [-0.4, -0.2) is 14.2 Å². The van der Waals surface area contributed by atoms with Crippen LogP contribution >= 0.6 is 7.92 Å². The maximum atomic E-state index is 6.30. The lowest BCUT2D eigenvalue weighted by atomic mass is 9.89. The van der Waals surface area contributed by atoms with Gasteiger partial charge in [-0.05, 0) is 129 Å². The van der Waals surface area contributed by atoms with Crippen LogP contribution in [0.5, 0.6) is 11.5 Å². The number of rotatable bonds is 8. The number of aryl methyl sites for hydroxylation is 6. The van der Waals surface area contributed by atoms with Crippen LogP contribution in [-0.2, 0) is 0 Å². The van der Waals surface area contributed by atoms with E-state index in [4.69, 9.17) is 9.47 Å². The van der Waals surface area contributed by atoms with E-state index < -0.39 is 7.92 Å². The molecule has 47 heavy (non-hydrogen) atoms. The number of hydrogen-bond acceptors (Lipinski definition) is 2. The zero-order valence-corrected chi connectivity index (χ0v) is 29.6. The average molecular weight is 635 g/mol. The van der Waals surface area contributed by atoms with Crippen molar-refractivity contribution < 1.29 is 9.47 Å². The van der Waals surface area contributed by atoms with Crippen LogP contribution in [0.1, 0.15) is 33.4 Å². The standard InChI is InChI=1S/C44H43O2P/c1-28-23-30(3)41(31(4)24-28)34-19-21-39(45-7)38(27-34)43-40(46-8)22-20-37(42-32(5)25-29(2)26-33(42)6)44(43)47(35-15-11-9-12-16-35)36-17-13-10-14-18-36/h9-27H,1-8H3. The highest BCUT2D eigenvalue weighted by Gasteiger charge is 2.29. The summed E-state index contributed by atoms with van der Waals surface area (Å²) in [5, 5.41) is 3.83. The van der Waals surface area contributed by atoms with Gasteiger partial charge in [-0.1, -0.05) is 102 Å². The zero-order chi connectivity index (χ0) is 33.2. The molecule has 0 saturated carbocycles. The van der Waals surface area contributed by atoms with Crippen LogP contribution in [0.15, 0.2) is 115 Å². The second kappa shape index (κ2) is 13.6. The van der Waals surface area contributed by atoms with E-state index in [9.17, 15) is 0 Å². The van der Waals surface area contributed by atoms with Crippen LogP contribution in [0, 0.1) is 41.5 Å². The molecule has 0 fully saturated rings. The molecular weight excluding hydrogens is 591 g/mol. The molecule has 0 spiro atoms. The summed E-state index contributed by atoms with van der Waals surface area (Å²) in [4.78, 5) is 0.